The minimum atomic E-state index is -1.08. The number of rotatable bonds is 21. The molecule has 0 saturated carbocycles. The van der Waals surface area contributed by atoms with Crippen molar-refractivity contribution in [3.63, 3.8) is 0 Å². The third-order valence-electron chi connectivity index (χ3n) is 4.87. The van der Waals surface area contributed by atoms with Gasteiger partial charge in [-0.25, -0.2) is 4.79 Å². The molecule has 0 radical (unpaired) electrons. The third kappa shape index (κ3) is 19.4. The summed E-state index contributed by atoms with van der Waals surface area (Å²) in [7, 11) is 0. The molecule has 0 fully saturated rings. The molecule has 5 nitrogen and oxygen atoms in total. The molecular formula is C23H42O5. The monoisotopic (exact) mass is 398 g/mol. The lowest BCUT2D eigenvalue weighted by Crippen LogP contribution is -2.25. The predicted molar refractivity (Wildman–Crippen MR) is 114 cm³/mol. The maximum absolute atomic E-state index is 11.0. The van der Waals surface area contributed by atoms with Crippen LogP contribution in [0.3, 0.4) is 0 Å². The van der Waals surface area contributed by atoms with E-state index in [0.717, 1.165) is 19.3 Å². The molecule has 164 valence electrons. The van der Waals surface area contributed by atoms with Crippen LogP contribution in [0.1, 0.15) is 110 Å². The Morgan fingerprint density at radius 3 is 1.79 bits per heavy atom. The molecule has 0 aromatic heterocycles. The van der Waals surface area contributed by atoms with Gasteiger partial charge in [-0.05, 0) is 38.5 Å². The lowest BCUT2D eigenvalue weighted by Gasteiger charge is -2.12. The zero-order chi connectivity index (χ0) is 20.9. The summed E-state index contributed by atoms with van der Waals surface area (Å²) in [6, 6.07) is 0. The van der Waals surface area contributed by atoms with Crippen LogP contribution in [0.2, 0.25) is 0 Å². The molecule has 1 atom stereocenters. The normalized spacial score (nSPS) is 12.5. The Morgan fingerprint density at radius 1 is 0.786 bits per heavy atom. The van der Waals surface area contributed by atoms with Crippen molar-refractivity contribution in [3.05, 3.63) is 12.2 Å². The van der Waals surface area contributed by atoms with E-state index in [1.165, 1.54) is 70.6 Å². The van der Waals surface area contributed by atoms with E-state index in [4.69, 9.17) is 14.9 Å². The van der Waals surface area contributed by atoms with E-state index in [-0.39, 0.29) is 12.8 Å². The first-order valence-electron chi connectivity index (χ1n) is 11.3. The van der Waals surface area contributed by atoms with Crippen LogP contribution in [-0.4, -0.2) is 34.9 Å². The summed E-state index contributed by atoms with van der Waals surface area (Å²) in [5, 5.41) is 17.6. The van der Waals surface area contributed by atoms with E-state index in [1.54, 1.807) is 0 Å². The second-order valence-electron chi connectivity index (χ2n) is 7.57. The van der Waals surface area contributed by atoms with E-state index >= 15 is 0 Å². The van der Waals surface area contributed by atoms with Gasteiger partial charge in [-0.1, -0.05) is 76.9 Å². The molecule has 2 N–H and O–H groups in total. The minimum absolute atomic E-state index is 0.0248. The van der Waals surface area contributed by atoms with Crippen LogP contribution in [-0.2, 0) is 14.3 Å². The minimum Gasteiger partial charge on any atom is -0.481 e. The molecule has 1 unspecified atom stereocenters. The Kier molecular flexibility index (Phi) is 19.4. The van der Waals surface area contributed by atoms with Crippen LogP contribution in [0.5, 0.6) is 0 Å². The molecule has 5 heteroatoms. The van der Waals surface area contributed by atoms with Crippen LogP contribution in [0, 0.1) is 0 Å². The Hall–Kier alpha value is -1.36. The van der Waals surface area contributed by atoms with Crippen LogP contribution < -0.4 is 0 Å². The largest absolute Gasteiger partial charge is 0.481 e. The first-order chi connectivity index (χ1) is 13.6. The molecule has 28 heavy (non-hydrogen) atoms. The van der Waals surface area contributed by atoms with E-state index in [2.05, 4.69) is 19.1 Å². The number of allylic oxidation sites excluding steroid dienone is 2. The number of hydrogen-bond acceptors (Lipinski definition) is 3. The highest BCUT2D eigenvalue weighted by atomic mass is 16.5. The van der Waals surface area contributed by atoms with Crippen molar-refractivity contribution in [2.45, 2.75) is 116 Å². The molecule has 0 spiro atoms. The highest BCUT2D eigenvalue weighted by molar-refractivity contribution is 5.74. The molecule has 0 heterocycles. The summed E-state index contributed by atoms with van der Waals surface area (Å²) in [6.07, 6.45) is 20.7. The molecule has 0 aliphatic heterocycles. The van der Waals surface area contributed by atoms with E-state index in [9.17, 15) is 9.59 Å². The van der Waals surface area contributed by atoms with Gasteiger partial charge in [-0.3, -0.25) is 4.79 Å². The lowest BCUT2D eigenvalue weighted by molar-refractivity contribution is -0.151. The van der Waals surface area contributed by atoms with Gasteiger partial charge >= 0.3 is 11.9 Å². The lowest BCUT2D eigenvalue weighted by atomic mass is 10.1. The molecule has 0 saturated heterocycles. The topological polar surface area (TPSA) is 83.8 Å². The standard InChI is InChI=1S/C23H42O5/c1-2-3-4-5-6-7-8-9-10-11-12-13-14-15-16-17-20-28-21(23(26)27)18-19-22(24)25/h9-10,21H,2-8,11-20H2,1H3,(H,24,25)(H,26,27)/b10-9-. The number of carbonyl (C=O) groups is 2. The van der Waals surface area contributed by atoms with Gasteiger partial charge in [0.15, 0.2) is 6.10 Å². The first-order valence-corrected chi connectivity index (χ1v) is 11.3. The quantitative estimate of drug-likeness (QED) is 0.174. The zero-order valence-electron chi connectivity index (χ0n) is 17.9. The van der Waals surface area contributed by atoms with Crippen LogP contribution in [0.4, 0.5) is 0 Å². The molecule has 0 aliphatic carbocycles. The number of unbranched alkanes of at least 4 members (excludes halogenated alkanes) is 12. The summed E-state index contributed by atoms with van der Waals surface area (Å²) in [5.74, 6) is -2.07. The van der Waals surface area contributed by atoms with Crippen molar-refractivity contribution in [1.29, 1.82) is 0 Å². The molecule has 0 bridgehead atoms. The second kappa shape index (κ2) is 20.4. The van der Waals surface area contributed by atoms with Gasteiger partial charge in [0.1, 0.15) is 0 Å². The molecule has 0 aromatic rings. The van der Waals surface area contributed by atoms with Gasteiger partial charge in [-0.15, -0.1) is 0 Å². The summed E-state index contributed by atoms with van der Waals surface area (Å²) >= 11 is 0. The van der Waals surface area contributed by atoms with Gasteiger partial charge < -0.3 is 14.9 Å². The fourth-order valence-corrected chi connectivity index (χ4v) is 3.11. The summed E-state index contributed by atoms with van der Waals surface area (Å²) < 4.78 is 5.30. The van der Waals surface area contributed by atoms with E-state index in [1.807, 2.05) is 0 Å². The number of carboxylic acid groups (broad SMARTS) is 2. The van der Waals surface area contributed by atoms with Crippen LogP contribution in [0.15, 0.2) is 12.2 Å². The van der Waals surface area contributed by atoms with Crippen molar-refractivity contribution in [2.75, 3.05) is 6.61 Å². The van der Waals surface area contributed by atoms with E-state index in [0.29, 0.717) is 6.61 Å². The van der Waals surface area contributed by atoms with Crippen molar-refractivity contribution in [1.82, 2.24) is 0 Å². The maximum Gasteiger partial charge on any atom is 0.332 e. The number of hydrogen-bond donors (Lipinski definition) is 2. The number of aliphatic carboxylic acids is 2. The number of ether oxygens (including phenoxy) is 1. The fraction of sp³-hybridized carbons (Fsp3) is 0.826. The van der Waals surface area contributed by atoms with Gasteiger partial charge in [0, 0.05) is 13.0 Å². The number of carboxylic acids is 2. The Labute approximate surface area is 171 Å². The second-order valence-corrected chi connectivity index (χ2v) is 7.57. The molecule has 0 rings (SSSR count). The summed E-state index contributed by atoms with van der Waals surface area (Å²) in [6.45, 7) is 2.64. The summed E-state index contributed by atoms with van der Waals surface area (Å²) in [4.78, 5) is 21.5. The van der Waals surface area contributed by atoms with Gasteiger partial charge in [0.25, 0.3) is 0 Å². The van der Waals surface area contributed by atoms with Crippen LogP contribution in [0.25, 0.3) is 0 Å². The molecule has 0 aromatic carbocycles. The van der Waals surface area contributed by atoms with E-state index < -0.39 is 18.0 Å². The average Bonchev–Trinajstić information content (AvgIpc) is 2.66. The summed E-state index contributed by atoms with van der Waals surface area (Å²) in [5.41, 5.74) is 0. The Bertz CT molecular complexity index is 406. The van der Waals surface area contributed by atoms with Crippen molar-refractivity contribution < 1.29 is 24.5 Å². The molecular weight excluding hydrogens is 356 g/mol. The highest BCUT2D eigenvalue weighted by Crippen LogP contribution is 2.11. The fourth-order valence-electron chi connectivity index (χ4n) is 3.11. The predicted octanol–water partition coefficient (Wildman–Crippen LogP) is 6.36. The SMILES string of the molecule is CCCCCCCC/C=C\CCCCCCCCOC(CCC(=O)O)C(=O)O. The van der Waals surface area contributed by atoms with Crippen molar-refractivity contribution in [2.24, 2.45) is 0 Å². The first kappa shape index (κ1) is 26.6. The highest BCUT2D eigenvalue weighted by Gasteiger charge is 2.18. The Balaban J connectivity index is 3.37. The van der Waals surface area contributed by atoms with Crippen molar-refractivity contribution >= 4 is 11.9 Å². The average molecular weight is 399 g/mol. The molecule has 0 amide bonds. The maximum atomic E-state index is 11.0. The van der Waals surface area contributed by atoms with Crippen molar-refractivity contribution in [3.8, 4) is 0 Å². The third-order valence-corrected chi connectivity index (χ3v) is 4.87. The zero-order valence-corrected chi connectivity index (χ0v) is 17.9. The van der Waals surface area contributed by atoms with Gasteiger partial charge in [-0.2, -0.15) is 0 Å². The van der Waals surface area contributed by atoms with Gasteiger partial charge in [0.05, 0.1) is 0 Å². The van der Waals surface area contributed by atoms with Crippen LogP contribution >= 0.6 is 0 Å². The Morgan fingerprint density at radius 2 is 1.29 bits per heavy atom. The smallest absolute Gasteiger partial charge is 0.332 e. The molecule has 0 aliphatic rings. The van der Waals surface area contributed by atoms with Gasteiger partial charge in [0.2, 0.25) is 0 Å².